The van der Waals surface area contributed by atoms with Gasteiger partial charge in [-0.05, 0) is 18.6 Å². The van der Waals surface area contributed by atoms with Crippen LogP contribution in [0.15, 0.2) is 29.9 Å². The number of nitro groups is 1. The maximum absolute atomic E-state index is 10.7. The van der Waals surface area contributed by atoms with Crippen LogP contribution in [-0.2, 0) is 0 Å². The van der Waals surface area contributed by atoms with Gasteiger partial charge in [-0.25, -0.2) is 4.68 Å². The number of aromatic nitrogens is 3. The van der Waals surface area contributed by atoms with Crippen molar-refractivity contribution < 1.29 is 10.0 Å². The molecule has 2 rings (SSSR count). The predicted octanol–water partition coefficient (Wildman–Crippen LogP) is 1.08. The fourth-order valence-electron chi connectivity index (χ4n) is 1.41. The average Bonchev–Trinajstić information content (AvgIpc) is 2.82. The minimum Gasteiger partial charge on any atom is -0.502 e. The number of rotatable bonds is 3. The molecule has 0 fully saturated rings. The van der Waals surface area contributed by atoms with Crippen molar-refractivity contribution in [1.29, 1.82) is 0 Å². The summed E-state index contributed by atoms with van der Waals surface area (Å²) in [5.41, 5.74) is 0.570. The number of phenolic OH excluding ortho intramolecular Hbond substituents is 1. The van der Waals surface area contributed by atoms with E-state index < -0.39 is 10.7 Å². The van der Waals surface area contributed by atoms with Crippen molar-refractivity contribution in [2.24, 2.45) is 5.10 Å². The highest BCUT2D eigenvalue weighted by atomic mass is 16.6. The van der Waals surface area contributed by atoms with E-state index in [1.54, 1.807) is 13.0 Å². The first-order valence-electron chi connectivity index (χ1n) is 4.95. The number of benzene rings is 1. The lowest BCUT2D eigenvalue weighted by molar-refractivity contribution is -0.385. The highest BCUT2D eigenvalue weighted by Crippen LogP contribution is 2.29. The first kappa shape index (κ1) is 11.7. The van der Waals surface area contributed by atoms with Crippen LogP contribution in [0.3, 0.4) is 0 Å². The summed E-state index contributed by atoms with van der Waals surface area (Å²) in [6, 6.07) is 2.89. The van der Waals surface area contributed by atoms with Gasteiger partial charge in [0.05, 0.1) is 11.1 Å². The molecule has 0 atom stereocenters. The zero-order valence-electron chi connectivity index (χ0n) is 9.39. The van der Waals surface area contributed by atoms with E-state index in [1.165, 1.54) is 29.6 Å². The Morgan fingerprint density at radius 1 is 1.44 bits per heavy atom. The van der Waals surface area contributed by atoms with Crippen molar-refractivity contribution in [3.63, 3.8) is 0 Å². The molecule has 2 aromatic rings. The maximum atomic E-state index is 10.7. The summed E-state index contributed by atoms with van der Waals surface area (Å²) >= 11 is 0. The van der Waals surface area contributed by atoms with E-state index in [9.17, 15) is 15.2 Å². The lowest BCUT2D eigenvalue weighted by atomic mass is 10.1. The van der Waals surface area contributed by atoms with Gasteiger partial charge >= 0.3 is 5.69 Å². The molecule has 1 aromatic heterocycles. The molecule has 0 saturated heterocycles. The Bertz CT molecular complexity index is 606. The molecule has 0 aliphatic heterocycles. The van der Waals surface area contributed by atoms with E-state index in [0.29, 0.717) is 5.56 Å². The SMILES string of the molecule is Cc1cc(C=Nn2cnnc2)c(O)c([N+](=O)[O-])c1. The van der Waals surface area contributed by atoms with Crippen molar-refractivity contribution in [3.05, 3.63) is 46.0 Å². The molecule has 1 heterocycles. The van der Waals surface area contributed by atoms with Gasteiger partial charge in [0.15, 0.2) is 0 Å². The highest BCUT2D eigenvalue weighted by molar-refractivity contribution is 5.86. The van der Waals surface area contributed by atoms with Gasteiger partial charge in [0.25, 0.3) is 0 Å². The standard InChI is InChI=1S/C10H9N5O3/c1-7-2-8(4-13-14-5-11-12-6-14)10(16)9(3-7)15(17)18/h2-6,16H,1H3. The Morgan fingerprint density at radius 3 is 2.72 bits per heavy atom. The number of aromatic hydroxyl groups is 1. The Kier molecular flexibility index (Phi) is 3.00. The molecule has 8 heteroatoms. The van der Waals surface area contributed by atoms with Crippen LogP contribution in [-0.4, -0.2) is 31.1 Å². The smallest absolute Gasteiger partial charge is 0.311 e. The quantitative estimate of drug-likeness (QED) is 0.496. The fraction of sp³-hybridized carbons (Fsp3) is 0.100. The number of aryl methyl sites for hydroxylation is 1. The van der Waals surface area contributed by atoms with E-state index >= 15 is 0 Å². The van der Waals surface area contributed by atoms with Gasteiger partial charge in [-0.2, -0.15) is 5.10 Å². The maximum Gasteiger partial charge on any atom is 0.311 e. The summed E-state index contributed by atoms with van der Waals surface area (Å²) < 4.78 is 1.31. The lowest BCUT2D eigenvalue weighted by Crippen LogP contribution is -1.95. The molecular formula is C10H9N5O3. The highest BCUT2D eigenvalue weighted by Gasteiger charge is 2.16. The van der Waals surface area contributed by atoms with E-state index in [0.717, 1.165) is 0 Å². The van der Waals surface area contributed by atoms with Gasteiger partial charge in [0.1, 0.15) is 12.7 Å². The number of phenols is 1. The van der Waals surface area contributed by atoms with Crippen molar-refractivity contribution in [2.75, 3.05) is 0 Å². The van der Waals surface area contributed by atoms with Gasteiger partial charge in [-0.1, -0.05) is 0 Å². The van der Waals surface area contributed by atoms with Crippen LogP contribution in [0.4, 0.5) is 5.69 Å². The summed E-state index contributed by atoms with van der Waals surface area (Å²) in [5.74, 6) is -0.414. The number of nitrogens with zero attached hydrogens (tertiary/aromatic N) is 5. The van der Waals surface area contributed by atoms with Crippen molar-refractivity contribution in [3.8, 4) is 5.75 Å². The van der Waals surface area contributed by atoms with Crippen LogP contribution in [0, 0.1) is 17.0 Å². The second kappa shape index (κ2) is 4.62. The fourth-order valence-corrected chi connectivity index (χ4v) is 1.41. The van der Waals surface area contributed by atoms with Crippen molar-refractivity contribution >= 4 is 11.9 Å². The molecule has 0 spiro atoms. The molecule has 0 saturated carbocycles. The summed E-state index contributed by atoms with van der Waals surface area (Å²) in [4.78, 5) is 10.1. The molecule has 8 nitrogen and oxygen atoms in total. The first-order chi connectivity index (χ1) is 8.58. The van der Waals surface area contributed by atoms with Crippen LogP contribution in [0.1, 0.15) is 11.1 Å². The number of nitro benzene ring substituents is 1. The molecule has 1 N–H and O–H groups in total. The monoisotopic (exact) mass is 247 g/mol. The van der Waals surface area contributed by atoms with E-state index in [-0.39, 0.29) is 11.3 Å². The van der Waals surface area contributed by atoms with Gasteiger partial charge in [-0.15, -0.1) is 10.2 Å². The largest absolute Gasteiger partial charge is 0.502 e. The van der Waals surface area contributed by atoms with Gasteiger partial charge in [0, 0.05) is 11.6 Å². The van der Waals surface area contributed by atoms with Crippen LogP contribution in [0.5, 0.6) is 5.75 Å². The summed E-state index contributed by atoms with van der Waals surface area (Å²) in [7, 11) is 0. The first-order valence-corrected chi connectivity index (χ1v) is 4.95. The molecule has 18 heavy (non-hydrogen) atoms. The zero-order chi connectivity index (χ0) is 13.1. The summed E-state index contributed by atoms with van der Waals surface area (Å²) in [6.45, 7) is 1.70. The summed E-state index contributed by atoms with van der Waals surface area (Å²) in [6.07, 6.45) is 4.02. The molecule has 0 aliphatic carbocycles. The van der Waals surface area contributed by atoms with Gasteiger partial charge in [-0.3, -0.25) is 10.1 Å². The lowest BCUT2D eigenvalue weighted by Gasteiger charge is -2.02. The zero-order valence-corrected chi connectivity index (χ0v) is 9.39. The molecule has 0 bridgehead atoms. The van der Waals surface area contributed by atoms with E-state index in [1.807, 2.05) is 0 Å². The second-order valence-electron chi connectivity index (χ2n) is 3.57. The molecule has 0 aliphatic rings. The predicted molar refractivity (Wildman–Crippen MR) is 62.5 cm³/mol. The number of hydrogen-bond donors (Lipinski definition) is 1. The topological polar surface area (TPSA) is 106 Å². The third-order valence-corrected chi connectivity index (χ3v) is 2.20. The van der Waals surface area contributed by atoms with Crippen LogP contribution < -0.4 is 0 Å². The Hall–Kier alpha value is -2.77. The molecule has 0 unspecified atom stereocenters. The Labute approximate surface area is 101 Å². The van der Waals surface area contributed by atoms with Crippen LogP contribution in [0.25, 0.3) is 0 Å². The normalized spacial score (nSPS) is 10.9. The van der Waals surface area contributed by atoms with Gasteiger partial charge in [0.2, 0.25) is 5.75 Å². The third-order valence-electron chi connectivity index (χ3n) is 2.20. The molecule has 0 amide bonds. The minimum atomic E-state index is -0.640. The molecular weight excluding hydrogens is 238 g/mol. The molecule has 1 aromatic carbocycles. The Balaban J connectivity index is 2.42. The van der Waals surface area contributed by atoms with Crippen molar-refractivity contribution in [1.82, 2.24) is 14.9 Å². The minimum absolute atomic E-state index is 0.260. The van der Waals surface area contributed by atoms with Crippen molar-refractivity contribution in [2.45, 2.75) is 6.92 Å². The van der Waals surface area contributed by atoms with Crippen LogP contribution in [0.2, 0.25) is 0 Å². The number of hydrogen-bond acceptors (Lipinski definition) is 6. The Morgan fingerprint density at radius 2 is 2.11 bits per heavy atom. The molecule has 92 valence electrons. The van der Waals surface area contributed by atoms with Crippen LogP contribution >= 0.6 is 0 Å². The third kappa shape index (κ3) is 2.32. The van der Waals surface area contributed by atoms with E-state index in [2.05, 4.69) is 15.3 Å². The second-order valence-corrected chi connectivity index (χ2v) is 3.57. The molecule has 0 radical (unpaired) electrons. The summed E-state index contributed by atoms with van der Waals surface area (Å²) in [5, 5.41) is 31.5. The van der Waals surface area contributed by atoms with E-state index in [4.69, 9.17) is 0 Å². The average molecular weight is 247 g/mol. The van der Waals surface area contributed by atoms with Gasteiger partial charge < -0.3 is 5.11 Å².